The van der Waals surface area contributed by atoms with Crippen LogP contribution in [0.1, 0.15) is 59.1 Å². The van der Waals surface area contributed by atoms with E-state index in [4.69, 9.17) is 4.42 Å². The van der Waals surface area contributed by atoms with Gasteiger partial charge in [0.2, 0.25) is 0 Å². The van der Waals surface area contributed by atoms with Crippen LogP contribution >= 0.6 is 0 Å². The quantitative estimate of drug-likeness (QED) is 0.861. The molecular weight excluding hydrogens is 246 g/mol. The highest BCUT2D eigenvalue weighted by Gasteiger charge is 2.59. The molecule has 2 saturated carbocycles. The zero-order valence-corrected chi connectivity index (χ0v) is 13.4. The maximum absolute atomic E-state index is 5.44. The summed E-state index contributed by atoms with van der Waals surface area (Å²) >= 11 is 0. The minimum atomic E-state index is 0.450. The second-order valence-corrected chi connectivity index (χ2v) is 8.03. The van der Waals surface area contributed by atoms with Crippen LogP contribution in [-0.4, -0.2) is 12.1 Å². The monoisotopic (exact) mass is 275 g/mol. The molecule has 2 heteroatoms. The van der Waals surface area contributed by atoms with Gasteiger partial charge in [-0.3, -0.25) is 0 Å². The van der Waals surface area contributed by atoms with E-state index in [-0.39, 0.29) is 0 Å². The fourth-order valence-electron chi connectivity index (χ4n) is 4.90. The van der Waals surface area contributed by atoms with Crippen molar-refractivity contribution in [1.29, 1.82) is 0 Å². The number of hydrogen-bond donors (Lipinski definition) is 1. The zero-order valence-electron chi connectivity index (χ0n) is 13.4. The molecule has 2 bridgehead atoms. The molecule has 1 aromatic heterocycles. The lowest BCUT2D eigenvalue weighted by atomic mass is 9.68. The minimum Gasteiger partial charge on any atom is -0.469 e. The number of furan rings is 1. The van der Waals surface area contributed by atoms with Crippen molar-refractivity contribution in [2.75, 3.05) is 0 Å². The summed E-state index contributed by atoms with van der Waals surface area (Å²) in [4.78, 5) is 0. The van der Waals surface area contributed by atoms with Crippen molar-refractivity contribution in [2.24, 2.45) is 16.7 Å². The topological polar surface area (TPSA) is 25.2 Å². The molecule has 0 spiro atoms. The zero-order chi connectivity index (χ0) is 14.4. The summed E-state index contributed by atoms with van der Waals surface area (Å²) in [6, 6.07) is 5.28. The third-order valence-corrected chi connectivity index (χ3v) is 6.12. The van der Waals surface area contributed by atoms with Crippen LogP contribution < -0.4 is 5.32 Å². The molecule has 0 aliphatic heterocycles. The van der Waals surface area contributed by atoms with E-state index in [0.717, 1.165) is 24.5 Å². The lowest BCUT2D eigenvalue weighted by Gasteiger charge is -2.44. The number of fused-ring (bicyclic) bond motifs is 2. The lowest BCUT2D eigenvalue weighted by Crippen LogP contribution is -2.53. The minimum absolute atomic E-state index is 0.450. The van der Waals surface area contributed by atoms with E-state index < -0.39 is 0 Å². The van der Waals surface area contributed by atoms with E-state index in [9.17, 15) is 0 Å². The number of nitrogens with one attached hydrogen (secondary N) is 1. The molecule has 2 unspecified atom stereocenters. The predicted octanol–water partition coefficient (Wildman–Crippen LogP) is 4.41. The maximum Gasteiger partial charge on any atom is 0.103 e. The SMILES string of the molecule is CC(CCc1ccco1)NC1C(C)(C)[C@H]2CC[C@]1(C)C2. The highest BCUT2D eigenvalue weighted by molar-refractivity contribution is 5.12. The van der Waals surface area contributed by atoms with E-state index in [1.807, 2.05) is 6.07 Å². The molecule has 2 aliphatic carbocycles. The fraction of sp³-hybridized carbons (Fsp3) is 0.778. The molecular formula is C18H29NO. The van der Waals surface area contributed by atoms with Crippen molar-refractivity contribution in [3.63, 3.8) is 0 Å². The number of aryl methyl sites for hydroxylation is 1. The second-order valence-electron chi connectivity index (χ2n) is 8.03. The molecule has 20 heavy (non-hydrogen) atoms. The highest BCUT2D eigenvalue weighted by atomic mass is 16.3. The molecule has 2 fully saturated rings. The first-order chi connectivity index (χ1) is 9.42. The molecule has 2 nitrogen and oxygen atoms in total. The summed E-state index contributed by atoms with van der Waals surface area (Å²) in [6.07, 6.45) is 8.22. The van der Waals surface area contributed by atoms with Crippen LogP contribution in [0, 0.1) is 16.7 Å². The van der Waals surface area contributed by atoms with Crippen molar-refractivity contribution >= 4 is 0 Å². The normalized spacial score (nSPS) is 36.4. The first-order valence-electron chi connectivity index (χ1n) is 8.20. The van der Waals surface area contributed by atoms with Crippen molar-refractivity contribution < 1.29 is 4.42 Å². The lowest BCUT2D eigenvalue weighted by molar-refractivity contribution is 0.0990. The molecule has 1 aromatic rings. The third-order valence-electron chi connectivity index (χ3n) is 6.12. The molecule has 1 N–H and O–H groups in total. The Bertz CT molecular complexity index is 445. The van der Waals surface area contributed by atoms with Gasteiger partial charge in [0.05, 0.1) is 6.26 Å². The summed E-state index contributed by atoms with van der Waals surface area (Å²) in [5, 5.41) is 3.96. The number of hydrogen-bond acceptors (Lipinski definition) is 2. The molecule has 0 aromatic carbocycles. The second kappa shape index (κ2) is 4.91. The number of rotatable bonds is 5. The first-order valence-corrected chi connectivity index (χ1v) is 8.20. The van der Waals surface area contributed by atoms with Gasteiger partial charge in [0.15, 0.2) is 0 Å². The average Bonchev–Trinajstić information content (AvgIpc) is 3.05. The van der Waals surface area contributed by atoms with E-state index in [2.05, 4.69) is 39.1 Å². The maximum atomic E-state index is 5.44. The Morgan fingerprint density at radius 1 is 1.40 bits per heavy atom. The van der Waals surface area contributed by atoms with E-state index in [1.54, 1.807) is 6.26 Å². The Kier molecular flexibility index (Phi) is 3.48. The molecule has 0 amide bonds. The van der Waals surface area contributed by atoms with Crippen molar-refractivity contribution in [3.05, 3.63) is 24.2 Å². The highest BCUT2D eigenvalue weighted by Crippen LogP contribution is 2.62. The van der Waals surface area contributed by atoms with Crippen molar-refractivity contribution in [1.82, 2.24) is 5.32 Å². The van der Waals surface area contributed by atoms with Crippen LogP contribution in [0.5, 0.6) is 0 Å². The summed E-state index contributed by atoms with van der Waals surface area (Å²) < 4.78 is 5.44. The van der Waals surface area contributed by atoms with Crippen molar-refractivity contribution in [2.45, 2.75) is 71.9 Å². The van der Waals surface area contributed by atoms with Crippen molar-refractivity contribution in [3.8, 4) is 0 Å². The Morgan fingerprint density at radius 3 is 2.80 bits per heavy atom. The smallest absolute Gasteiger partial charge is 0.103 e. The summed E-state index contributed by atoms with van der Waals surface area (Å²) in [6.45, 7) is 9.77. The first kappa shape index (κ1) is 14.2. The molecule has 112 valence electrons. The van der Waals surface area contributed by atoms with Gasteiger partial charge in [0, 0.05) is 18.5 Å². The van der Waals surface area contributed by atoms with Gasteiger partial charge in [-0.2, -0.15) is 0 Å². The average molecular weight is 275 g/mol. The van der Waals surface area contributed by atoms with Crippen LogP contribution in [0.25, 0.3) is 0 Å². The predicted molar refractivity (Wildman–Crippen MR) is 82.6 cm³/mol. The van der Waals surface area contributed by atoms with Gasteiger partial charge < -0.3 is 9.73 Å². The Morgan fingerprint density at radius 2 is 2.20 bits per heavy atom. The van der Waals surface area contributed by atoms with Crippen LogP contribution in [0.2, 0.25) is 0 Å². The largest absolute Gasteiger partial charge is 0.469 e. The Labute approximate surface area is 123 Å². The van der Waals surface area contributed by atoms with Gasteiger partial charge in [0.25, 0.3) is 0 Å². The Hall–Kier alpha value is -0.760. The third kappa shape index (κ3) is 2.32. The van der Waals surface area contributed by atoms with E-state index in [0.29, 0.717) is 22.9 Å². The molecule has 2 aliphatic rings. The summed E-state index contributed by atoms with van der Waals surface area (Å²) in [5.74, 6) is 2.03. The van der Waals surface area contributed by atoms with Gasteiger partial charge in [-0.1, -0.05) is 20.8 Å². The molecule has 4 atom stereocenters. The Balaban J connectivity index is 1.59. The summed E-state index contributed by atoms with van der Waals surface area (Å²) in [7, 11) is 0. The van der Waals surface area contributed by atoms with Gasteiger partial charge in [0.1, 0.15) is 5.76 Å². The van der Waals surface area contributed by atoms with Crippen LogP contribution in [0.4, 0.5) is 0 Å². The molecule has 3 rings (SSSR count). The van der Waals surface area contributed by atoms with Gasteiger partial charge >= 0.3 is 0 Å². The fourth-order valence-corrected chi connectivity index (χ4v) is 4.90. The molecule has 0 radical (unpaired) electrons. The van der Waals surface area contributed by atoms with Crippen LogP contribution in [-0.2, 0) is 6.42 Å². The van der Waals surface area contributed by atoms with Crippen LogP contribution in [0.15, 0.2) is 22.8 Å². The van der Waals surface area contributed by atoms with Gasteiger partial charge in [-0.15, -0.1) is 0 Å². The molecule has 0 saturated heterocycles. The van der Waals surface area contributed by atoms with Gasteiger partial charge in [-0.25, -0.2) is 0 Å². The summed E-state index contributed by atoms with van der Waals surface area (Å²) in [5.41, 5.74) is 0.971. The standard InChI is InChI=1S/C18H29NO/c1-13(7-8-15-6-5-11-20-15)19-16-17(2,3)14-9-10-18(16,4)12-14/h5-6,11,13-14,16,19H,7-10,12H2,1-4H3/t13?,14-,16?,18+/m0/s1. The van der Waals surface area contributed by atoms with E-state index in [1.165, 1.54) is 19.3 Å². The van der Waals surface area contributed by atoms with Crippen LogP contribution in [0.3, 0.4) is 0 Å². The van der Waals surface area contributed by atoms with E-state index >= 15 is 0 Å². The van der Waals surface area contributed by atoms with Gasteiger partial charge in [-0.05, 0) is 61.5 Å². The molecule has 1 heterocycles.